The molecule has 1 aromatic heterocycles. The maximum atomic E-state index is 12.0. The number of hydrogen-bond acceptors (Lipinski definition) is 3. The second-order valence-corrected chi connectivity index (χ2v) is 3.51. The molecule has 0 bridgehead atoms. The summed E-state index contributed by atoms with van der Waals surface area (Å²) in [5, 5.41) is 8.82. The summed E-state index contributed by atoms with van der Waals surface area (Å²) in [4.78, 5) is 25.3. The molecule has 0 unspecified atom stereocenters. The van der Waals surface area contributed by atoms with Crippen LogP contribution in [0.4, 0.5) is 5.82 Å². The van der Waals surface area contributed by atoms with E-state index in [9.17, 15) is 9.59 Å². The number of aromatic amines is 1. The van der Waals surface area contributed by atoms with E-state index in [-0.39, 0.29) is 22.9 Å². The molecule has 2 rings (SSSR count). The van der Waals surface area contributed by atoms with Gasteiger partial charge in [0.25, 0.3) is 0 Å². The van der Waals surface area contributed by atoms with Gasteiger partial charge in [-0.15, -0.1) is 0 Å². The third kappa shape index (κ3) is 2.03. The van der Waals surface area contributed by atoms with Crippen LogP contribution in [-0.4, -0.2) is 21.8 Å². The van der Waals surface area contributed by atoms with E-state index in [1.54, 1.807) is 30.3 Å². The number of carboxylic acid groups (broad SMARTS) is 1. The third-order valence-electron chi connectivity index (χ3n) is 2.36. The molecule has 5 nitrogen and oxygen atoms in total. The maximum Gasteiger partial charge on any atom is 0.339 e. The van der Waals surface area contributed by atoms with Gasteiger partial charge in [0, 0.05) is 5.56 Å². The maximum absolute atomic E-state index is 12.0. The van der Waals surface area contributed by atoms with Crippen LogP contribution >= 0.6 is 0 Å². The number of H-pyrrole nitrogens is 1. The van der Waals surface area contributed by atoms with Crippen LogP contribution in [0.15, 0.2) is 36.4 Å². The van der Waals surface area contributed by atoms with Crippen LogP contribution in [0, 0.1) is 0 Å². The number of carboxylic acids is 1. The Morgan fingerprint density at radius 3 is 2.35 bits per heavy atom. The largest absolute Gasteiger partial charge is 0.478 e. The van der Waals surface area contributed by atoms with Gasteiger partial charge in [0.1, 0.15) is 11.4 Å². The highest BCUT2D eigenvalue weighted by molar-refractivity contribution is 6.09. The Kier molecular flexibility index (Phi) is 2.66. The van der Waals surface area contributed by atoms with E-state index in [1.165, 1.54) is 6.07 Å². The first kappa shape index (κ1) is 10.9. The molecule has 0 aliphatic carbocycles. The zero-order chi connectivity index (χ0) is 12.4. The lowest BCUT2D eigenvalue weighted by Crippen LogP contribution is -2.01. The lowest BCUT2D eigenvalue weighted by molar-refractivity contribution is 0.0698. The monoisotopic (exact) mass is 230 g/mol. The van der Waals surface area contributed by atoms with Crippen LogP contribution < -0.4 is 5.73 Å². The molecular weight excluding hydrogens is 220 g/mol. The van der Waals surface area contributed by atoms with Gasteiger partial charge in [-0.3, -0.25) is 4.79 Å². The highest BCUT2D eigenvalue weighted by atomic mass is 16.4. The molecule has 4 N–H and O–H groups in total. The van der Waals surface area contributed by atoms with E-state index < -0.39 is 5.97 Å². The van der Waals surface area contributed by atoms with Gasteiger partial charge < -0.3 is 15.8 Å². The summed E-state index contributed by atoms with van der Waals surface area (Å²) < 4.78 is 0. The predicted octanol–water partition coefficient (Wildman–Crippen LogP) is 1.53. The zero-order valence-corrected chi connectivity index (χ0v) is 8.81. The summed E-state index contributed by atoms with van der Waals surface area (Å²) in [7, 11) is 0. The minimum Gasteiger partial charge on any atom is -0.478 e. The Labute approximate surface area is 96.9 Å². The molecule has 0 saturated carbocycles. The number of aromatic carboxylic acids is 1. The lowest BCUT2D eigenvalue weighted by Gasteiger charge is -1.96. The fraction of sp³-hybridized carbons (Fsp3) is 0. The van der Waals surface area contributed by atoms with Crippen molar-refractivity contribution in [3.63, 3.8) is 0 Å². The SMILES string of the molecule is Nc1[nH]c(C(=O)c2ccccc2)cc1C(=O)O. The standard InChI is InChI=1S/C12H10N2O3/c13-11-8(12(16)17)6-9(14-11)10(15)7-4-2-1-3-5-7/h1-6,14H,13H2,(H,16,17). The zero-order valence-electron chi connectivity index (χ0n) is 8.81. The highest BCUT2D eigenvalue weighted by Crippen LogP contribution is 2.16. The van der Waals surface area contributed by atoms with Gasteiger partial charge in [-0.05, 0) is 6.07 Å². The van der Waals surface area contributed by atoms with E-state index in [2.05, 4.69) is 4.98 Å². The van der Waals surface area contributed by atoms with Crippen LogP contribution in [0.3, 0.4) is 0 Å². The van der Waals surface area contributed by atoms with Crippen LogP contribution in [-0.2, 0) is 0 Å². The minimum absolute atomic E-state index is 0.0169. The fourth-order valence-corrected chi connectivity index (χ4v) is 1.51. The van der Waals surface area contributed by atoms with Crippen molar-refractivity contribution in [2.45, 2.75) is 0 Å². The van der Waals surface area contributed by atoms with Crippen molar-refractivity contribution in [1.29, 1.82) is 0 Å². The lowest BCUT2D eigenvalue weighted by atomic mass is 10.1. The molecule has 5 heteroatoms. The number of anilines is 1. The average Bonchev–Trinajstić information content (AvgIpc) is 2.71. The van der Waals surface area contributed by atoms with E-state index in [0.717, 1.165) is 0 Å². The quantitative estimate of drug-likeness (QED) is 0.696. The molecule has 0 aliphatic heterocycles. The second kappa shape index (κ2) is 4.13. The van der Waals surface area contributed by atoms with Gasteiger partial charge in [-0.2, -0.15) is 0 Å². The van der Waals surface area contributed by atoms with Crippen LogP contribution in [0.2, 0.25) is 0 Å². The molecule has 17 heavy (non-hydrogen) atoms. The van der Waals surface area contributed by atoms with Crippen LogP contribution in [0.25, 0.3) is 0 Å². The van der Waals surface area contributed by atoms with Gasteiger partial charge in [0.15, 0.2) is 0 Å². The van der Waals surface area contributed by atoms with Crippen molar-refractivity contribution in [1.82, 2.24) is 4.98 Å². The van der Waals surface area contributed by atoms with Crippen LogP contribution in [0.5, 0.6) is 0 Å². The van der Waals surface area contributed by atoms with Crippen molar-refractivity contribution in [2.75, 3.05) is 5.73 Å². The van der Waals surface area contributed by atoms with Crippen molar-refractivity contribution >= 4 is 17.6 Å². The number of carbonyl (C=O) groups excluding carboxylic acids is 1. The normalized spacial score (nSPS) is 10.1. The highest BCUT2D eigenvalue weighted by Gasteiger charge is 2.17. The number of nitrogens with two attached hydrogens (primary N) is 1. The van der Waals surface area contributed by atoms with Crippen molar-refractivity contribution in [3.05, 3.63) is 53.2 Å². The molecule has 2 aromatic rings. The van der Waals surface area contributed by atoms with E-state index in [4.69, 9.17) is 10.8 Å². The molecular formula is C12H10N2O3. The Morgan fingerprint density at radius 1 is 1.18 bits per heavy atom. The Morgan fingerprint density at radius 2 is 1.82 bits per heavy atom. The third-order valence-corrected chi connectivity index (χ3v) is 2.36. The van der Waals surface area contributed by atoms with Crippen molar-refractivity contribution < 1.29 is 14.7 Å². The first-order chi connectivity index (χ1) is 8.09. The number of hydrogen-bond donors (Lipinski definition) is 3. The summed E-state index contributed by atoms with van der Waals surface area (Å²) >= 11 is 0. The molecule has 1 aromatic carbocycles. The summed E-state index contributed by atoms with van der Waals surface area (Å²) in [5.41, 5.74) is 6.03. The number of nitrogen functional groups attached to an aromatic ring is 1. The van der Waals surface area contributed by atoms with Crippen molar-refractivity contribution in [3.8, 4) is 0 Å². The number of ketones is 1. The van der Waals surface area contributed by atoms with E-state index in [0.29, 0.717) is 5.56 Å². The summed E-state index contributed by atoms with van der Waals surface area (Å²) in [6.07, 6.45) is 0. The summed E-state index contributed by atoms with van der Waals surface area (Å²) in [5.74, 6) is -1.47. The number of benzene rings is 1. The van der Waals surface area contributed by atoms with Gasteiger partial charge in [-0.25, -0.2) is 4.79 Å². The minimum atomic E-state index is -1.16. The molecule has 0 spiro atoms. The summed E-state index contributed by atoms with van der Waals surface area (Å²) in [6, 6.07) is 9.81. The molecule has 1 heterocycles. The van der Waals surface area contributed by atoms with Crippen LogP contribution in [0.1, 0.15) is 26.4 Å². The van der Waals surface area contributed by atoms with E-state index in [1.807, 2.05) is 0 Å². The van der Waals surface area contributed by atoms with Gasteiger partial charge in [-0.1, -0.05) is 30.3 Å². The molecule has 0 atom stereocenters. The smallest absolute Gasteiger partial charge is 0.339 e. The first-order valence-electron chi connectivity index (χ1n) is 4.91. The fourth-order valence-electron chi connectivity index (χ4n) is 1.51. The number of rotatable bonds is 3. The topological polar surface area (TPSA) is 96.2 Å². The van der Waals surface area contributed by atoms with Gasteiger partial charge in [0.2, 0.25) is 5.78 Å². The Bertz CT molecular complexity index is 573. The molecule has 0 fully saturated rings. The molecule has 0 amide bonds. The molecule has 0 radical (unpaired) electrons. The first-order valence-corrected chi connectivity index (χ1v) is 4.91. The number of carbonyl (C=O) groups is 2. The average molecular weight is 230 g/mol. The Hall–Kier alpha value is -2.56. The number of aromatic nitrogens is 1. The second-order valence-electron chi connectivity index (χ2n) is 3.51. The predicted molar refractivity (Wildman–Crippen MR) is 62.0 cm³/mol. The van der Waals surface area contributed by atoms with E-state index >= 15 is 0 Å². The number of nitrogens with one attached hydrogen (secondary N) is 1. The molecule has 0 aliphatic rings. The molecule has 0 saturated heterocycles. The van der Waals surface area contributed by atoms with Gasteiger partial charge in [0.05, 0.1) is 5.69 Å². The van der Waals surface area contributed by atoms with Crippen molar-refractivity contribution in [2.24, 2.45) is 0 Å². The summed E-state index contributed by atoms with van der Waals surface area (Å²) in [6.45, 7) is 0. The Balaban J connectivity index is 2.39. The van der Waals surface area contributed by atoms with Gasteiger partial charge >= 0.3 is 5.97 Å². The molecule has 86 valence electrons.